The minimum atomic E-state index is -0.700. The average molecular weight is 884 g/mol. The van der Waals surface area contributed by atoms with Crippen LogP contribution < -0.4 is 4.90 Å². The summed E-state index contributed by atoms with van der Waals surface area (Å²) in [6, 6.07) is 83.8. The van der Waals surface area contributed by atoms with Gasteiger partial charge in [-0.25, -0.2) is 0 Å². The first-order valence-electron chi connectivity index (χ1n) is 24.3. The Kier molecular flexibility index (Phi) is 8.33. The molecule has 0 saturated heterocycles. The van der Waals surface area contributed by atoms with Crippen molar-refractivity contribution in [3.63, 3.8) is 0 Å². The highest BCUT2D eigenvalue weighted by molar-refractivity contribution is 6.18. The van der Waals surface area contributed by atoms with Crippen molar-refractivity contribution in [1.29, 1.82) is 0 Å². The molecule has 0 atom stereocenters. The Morgan fingerprint density at radius 3 is 1.35 bits per heavy atom. The zero-order chi connectivity index (χ0) is 46.2. The fourth-order valence-corrected chi connectivity index (χ4v) is 13.0. The number of para-hydroxylation sites is 1. The molecule has 69 heavy (non-hydrogen) atoms. The fraction of sp³-hybridized carbons (Fsp3) is 0.104. The van der Waals surface area contributed by atoms with E-state index >= 15 is 0 Å². The molecule has 0 aliphatic heterocycles. The Morgan fingerprint density at radius 1 is 0.333 bits per heavy atom. The molecule has 0 bridgehead atoms. The van der Waals surface area contributed by atoms with Crippen LogP contribution in [0.3, 0.4) is 0 Å². The zero-order valence-corrected chi connectivity index (χ0v) is 39.2. The first-order chi connectivity index (χ1) is 33.7. The van der Waals surface area contributed by atoms with E-state index < -0.39 is 5.41 Å². The minimum Gasteiger partial charge on any atom is -0.456 e. The predicted octanol–water partition coefficient (Wildman–Crippen LogP) is 17.7. The Labute approximate surface area is 403 Å². The molecule has 14 rings (SSSR count). The van der Waals surface area contributed by atoms with E-state index in [9.17, 15) is 0 Å². The number of hydrogen-bond donors (Lipinski definition) is 0. The minimum absolute atomic E-state index is 0.167. The van der Waals surface area contributed by atoms with Gasteiger partial charge in [-0.05, 0) is 132 Å². The van der Waals surface area contributed by atoms with E-state index in [2.05, 4.69) is 257 Å². The van der Waals surface area contributed by atoms with Crippen LogP contribution in [0.5, 0.6) is 0 Å². The van der Waals surface area contributed by atoms with Crippen LogP contribution >= 0.6 is 0 Å². The summed E-state index contributed by atoms with van der Waals surface area (Å²) in [6.45, 7) is 9.52. The highest BCUT2D eigenvalue weighted by atomic mass is 16.3. The molecule has 10 aromatic carbocycles. The SMILES string of the molecule is CC1(C)c2ccccc2-c2ccc(N(c3ccc4c(c3)C(C)(C)c3ccccc3-4)c3ccc4c(c3)C(c3ccccc3)(c3ccccc3)c3cc5oc6ccccc6c5c(-c5ccccc5)c3-4)cc21. The molecule has 0 spiro atoms. The number of fused-ring (bicyclic) bond motifs is 12. The highest BCUT2D eigenvalue weighted by Gasteiger charge is 2.49. The maximum absolute atomic E-state index is 6.93. The smallest absolute Gasteiger partial charge is 0.136 e. The maximum Gasteiger partial charge on any atom is 0.136 e. The number of furan rings is 1. The molecule has 0 N–H and O–H groups in total. The molecule has 2 heteroatoms. The van der Waals surface area contributed by atoms with Gasteiger partial charge in [0, 0.05) is 44.2 Å². The quantitative estimate of drug-likeness (QED) is 0.165. The van der Waals surface area contributed by atoms with Gasteiger partial charge in [-0.3, -0.25) is 0 Å². The molecule has 2 nitrogen and oxygen atoms in total. The van der Waals surface area contributed by atoms with Gasteiger partial charge in [0.15, 0.2) is 0 Å². The Hall–Kier alpha value is -8.20. The van der Waals surface area contributed by atoms with Gasteiger partial charge in [0.2, 0.25) is 0 Å². The van der Waals surface area contributed by atoms with Crippen molar-refractivity contribution in [2.75, 3.05) is 4.90 Å². The van der Waals surface area contributed by atoms with Gasteiger partial charge in [-0.2, -0.15) is 0 Å². The van der Waals surface area contributed by atoms with E-state index in [-0.39, 0.29) is 10.8 Å². The van der Waals surface area contributed by atoms with E-state index in [4.69, 9.17) is 4.42 Å². The summed E-state index contributed by atoms with van der Waals surface area (Å²) < 4.78 is 6.93. The number of anilines is 3. The van der Waals surface area contributed by atoms with Gasteiger partial charge >= 0.3 is 0 Å². The first-order valence-corrected chi connectivity index (χ1v) is 24.3. The van der Waals surface area contributed by atoms with Gasteiger partial charge in [-0.1, -0.05) is 204 Å². The summed E-state index contributed by atoms with van der Waals surface area (Å²) in [6.07, 6.45) is 0. The molecule has 11 aromatic rings. The van der Waals surface area contributed by atoms with E-state index in [1.54, 1.807) is 0 Å². The zero-order valence-electron chi connectivity index (χ0n) is 39.2. The van der Waals surface area contributed by atoms with Crippen LogP contribution in [-0.4, -0.2) is 0 Å². The first kappa shape index (κ1) is 39.9. The number of hydrogen-bond acceptors (Lipinski definition) is 2. The van der Waals surface area contributed by atoms with Crippen molar-refractivity contribution >= 4 is 39.0 Å². The van der Waals surface area contributed by atoms with Crippen LogP contribution in [0.4, 0.5) is 17.1 Å². The van der Waals surface area contributed by atoms with Crippen LogP contribution in [0.1, 0.15) is 72.2 Å². The average Bonchev–Trinajstić information content (AvgIpc) is 4.05. The Morgan fingerprint density at radius 2 is 0.783 bits per heavy atom. The molecule has 1 aromatic heterocycles. The summed E-state index contributed by atoms with van der Waals surface area (Å²) in [5.74, 6) is 0. The molecular weight excluding hydrogens is 835 g/mol. The van der Waals surface area contributed by atoms with Crippen molar-refractivity contribution in [2.24, 2.45) is 0 Å². The molecule has 0 radical (unpaired) electrons. The summed E-state index contributed by atoms with van der Waals surface area (Å²) in [5, 5.41) is 2.27. The molecule has 328 valence electrons. The molecule has 0 unspecified atom stereocenters. The molecule has 0 amide bonds. The highest BCUT2D eigenvalue weighted by Crippen LogP contribution is 2.62. The monoisotopic (exact) mass is 883 g/mol. The topological polar surface area (TPSA) is 16.4 Å². The van der Waals surface area contributed by atoms with Crippen LogP contribution in [0.25, 0.3) is 66.4 Å². The number of nitrogens with zero attached hydrogens (tertiary/aromatic N) is 1. The van der Waals surface area contributed by atoms with Crippen molar-refractivity contribution in [3.8, 4) is 44.5 Å². The normalized spacial score (nSPS) is 15.0. The third-order valence-electron chi connectivity index (χ3n) is 16.1. The third-order valence-corrected chi connectivity index (χ3v) is 16.1. The Balaban J connectivity index is 1.09. The number of rotatable bonds is 6. The summed E-state index contributed by atoms with van der Waals surface area (Å²) >= 11 is 0. The molecule has 1 heterocycles. The lowest BCUT2D eigenvalue weighted by Crippen LogP contribution is -2.29. The summed E-state index contributed by atoms with van der Waals surface area (Å²) in [4.78, 5) is 2.53. The van der Waals surface area contributed by atoms with Crippen LogP contribution in [-0.2, 0) is 16.2 Å². The second-order valence-corrected chi connectivity index (χ2v) is 20.4. The Bertz CT molecular complexity index is 3750. The van der Waals surface area contributed by atoms with Gasteiger partial charge in [-0.15, -0.1) is 0 Å². The molecule has 3 aliphatic carbocycles. The van der Waals surface area contributed by atoms with Gasteiger partial charge in [0.25, 0.3) is 0 Å². The van der Waals surface area contributed by atoms with Gasteiger partial charge in [0.1, 0.15) is 11.2 Å². The molecular formula is C67H49NO. The van der Waals surface area contributed by atoms with E-state index in [1.165, 1.54) is 89.0 Å². The lowest BCUT2D eigenvalue weighted by molar-refractivity contribution is 0.660. The lowest BCUT2D eigenvalue weighted by Gasteiger charge is -2.35. The second kappa shape index (κ2) is 14.4. The summed E-state index contributed by atoms with van der Waals surface area (Å²) in [7, 11) is 0. The van der Waals surface area contributed by atoms with Gasteiger partial charge < -0.3 is 9.32 Å². The van der Waals surface area contributed by atoms with E-state index in [0.29, 0.717) is 0 Å². The van der Waals surface area contributed by atoms with Crippen LogP contribution in [0.2, 0.25) is 0 Å². The maximum atomic E-state index is 6.93. The summed E-state index contributed by atoms with van der Waals surface area (Å²) in [5.41, 5.74) is 24.6. The van der Waals surface area contributed by atoms with Crippen molar-refractivity contribution in [2.45, 2.75) is 43.9 Å². The molecule has 0 fully saturated rings. The second-order valence-electron chi connectivity index (χ2n) is 20.4. The van der Waals surface area contributed by atoms with Crippen molar-refractivity contribution < 1.29 is 4.42 Å². The predicted molar refractivity (Wildman–Crippen MR) is 286 cm³/mol. The van der Waals surface area contributed by atoms with E-state index in [1.807, 2.05) is 0 Å². The standard InChI is InChI=1S/C67H49NO/c1-65(2)54-29-17-14-26-48(54)50-35-32-45(38-56(50)65)68(46-33-36-51-49-27-15-18-30-55(49)66(3,4)57(51)39-46)47-34-37-52-58(40-47)67(43-22-10-6-11-23-43,44-24-12-7-13-25-44)59-41-61-64(53-28-16-19-31-60(53)69-61)62(63(52)59)42-20-8-5-9-21-42/h5-41H,1-4H3. The fourth-order valence-electron chi connectivity index (χ4n) is 13.0. The van der Waals surface area contributed by atoms with Crippen molar-refractivity contribution in [1.82, 2.24) is 0 Å². The molecule has 0 saturated carbocycles. The van der Waals surface area contributed by atoms with Crippen LogP contribution in [0.15, 0.2) is 229 Å². The lowest BCUT2D eigenvalue weighted by atomic mass is 9.67. The third kappa shape index (κ3) is 5.43. The molecule has 3 aliphatic rings. The van der Waals surface area contributed by atoms with Gasteiger partial charge in [0.05, 0.1) is 5.41 Å². The largest absolute Gasteiger partial charge is 0.456 e. The number of benzene rings is 10. The van der Waals surface area contributed by atoms with Crippen LogP contribution in [0, 0.1) is 0 Å². The van der Waals surface area contributed by atoms with Crippen molar-refractivity contribution in [3.05, 3.63) is 269 Å². The van der Waals surface area contributed by atoms with E-state index in [0.717, 1.165) is 39.0 Å².